The van der Waals surface area contributed by atoms with Crippen LogP contribution in [0.2, 0.25) is 25.7 Å². The second-order valence-electron chi connectivity index (χ2n) is 3.84. The molecule has 0 saturated carbocycles. The third-order valence-electron chi connectivity index (χ3n) is 1.32. The molecule has 0 spiro atoms. The van der Waals surface area contributed by atoms with Gasteiger partial charge >= 0.3 is 0 Å². The Morgan fingerprint density at radius 3 is 2.50 bits per heavy atom. The number of hydrogen-bond acceptors (Lipinski definition) is 3. The van der Waals surface area contributed by atoms with E-state index in [9.17, 15) is 0 Å². The summed E-state index contributed by atoms with van der Waals surface area (Å²) in [6.07, 6.45) is 0. The zero-order valence-electron chi connectivity index (χ0n) is 6.72. The molecule has 60 valence electrons. The van der Waals surface area contributed by atoms with E-state index in [1.807, 2.05) is 20.6 Å². The first-order chi connectivity index (χ1) is 4.58. The van der Waals surface area contributed by atoms with Crippen LogP contribution in [0.15, 0.2) is 0 Å². The maximum Gasteiger partial charge on any atom is 0.0454 e. The fourth-order valence-corrected chi connectivity index (χ4v) is 9.93. The molecule has 0 nitrogen and oxygen atoms in total. The van der Waals surface area contributed by atoms with Crippen LogP contribution in [0.4, 0.5) is 0 Å². The standard InChI is InChI=1S/C6H14S3Si/c1-10(2,3)5-6-4-7-9-8-6/h6H,4-5H2,1-3H3. The summed E-state index contributed by atoms with van der Waals surface area (Å²) in [7, 11) is 5.32. The van der Waals surface area contributed by atoms with E-state index >= 15 is 0 Å². The summed E-state index contributed by atoms with van der Waals surface area (Å²) < 4.78 is 0. The highest BCUT2D eigenvalue weighted by Crippen LogP contribution is 2.49. The predicted molar refractivity (Wildman–Crippen MR) is 59.6 cm³/mol. The Hall–Kier alpha value is 1.27. The van der Waals surface area contributed by atoms with Gasteiger partial charge in [-0.3, -0.25) is 0 Å². The van der Waals surface area contributed by atoms with E-state index in [-0.39, 0.29) is 0 Å². The number of hydrogen-bond donors (Lipinski definition) is 0. The molecule has 0 aromatic carbocycles. The molecule has 0 aromatic heterocycles. The lowest BCUT2D eigenvalue weighted by Gasteiger charge is -2.18. The van der Waals surface area contributed by atoms with Crippen LogP contribution in [-0.4, -0.2) is 19.1 Å². The van der Waals surface area contributed by atoms with Gasteiger partial charge in [0, 0.05) is 19.1 Å². The molecule has 4 heteroatoms. The van der Waals surface area contributed by atoms with E-state index < -0.39 is 8.07 Å². The van der Waals surface area contributed by atoms with Crippen molar-refractivity contribution in [3.8, 4) is 0 Å². The minimum absolute atomic E-state index is 0.770. The van der Waals surface area contributed by atoms with Crippen LogP contribution in [0, 0.1) is 0 Å². The van der Waals surface area contributed by atoms with Gasteiger partial charge in [0.05, 0.1) is 0 Å². The first-order valence-corrected chi connectivity index (χ1v) is 11.0. The van der Waals surface area contributed by atoms with Crippen molar-refractivity contribution in [1.29, 1.82) is 0 Å². The largest absolute Gasteiger partial charge is 0.0814 e. The lowest BCUT2D eigenvalue weighted by molar-refractivity contribution is 1.10. The highest BCUT2D eigenvalue weighted by Gasteiger charge is 2.24. The fourth-order valence-electron chi connectivity index (χ4n) is 0.991. The SMILES string of the molecule is C[Si](C)(C)CC1CSSS1. The van der Waals surface area contributed by atoms with Gasteiger partial charge in [0.25, 0.3) is 0 Å². The Bertz CT molecular complexity index is 104. The molecule has 0 amide bonds. The van der Waals surface area contributed by atoms with Crippen LogP contribution >= 0.6 is 31.4 Å². The van der Waals surface area contributed by atoms with E-state index in [0.29, 0.717) is 0 Å². The Kier molecular flexibility index (Phi) is 3.54. The van der Waals surface area contributed by atoms with Gasteiger partial charge in [0.2, 0.25) is 0 Å². The first kappa shape index (κ1) is 9.36. The molecule has 0 bridgehead atoms. The van der Waals surface area contributed by atoms with Gasteiger partial charge in [-0.05, 0) is 15.9 Å². The molecular weight excluding hydrogens is 196 g/mol. The van der Waals surface area contributed by atoms with E-state index in [1.165, 1.54) is 11.8 Å². The normalized spacial score (nSPS) is 27.3. The second kappa shape index (κ2) is 3.78. The zero-order valence-corrected chi connectivity index (χ0v) is 10.2. The predicted octanol–water partition coefficient (Wildman–Crippen LogP) is 3.74. The van der Waals surface area contributed by atoms with E-state index in [0.717, 1.165) is 5.25 Å². The maximum atomic E-state index is 2.46. The molecule has 1 rings (SSSR count). The lowest BCUT2D eigenvalue weighted by Crippen LogP contribution is -2.24. The van der Waals surface area contributed by atoms with Crippen LogP contribution in [-0.2, 0) is 0 Å². The maximum absolute atomic E-state index is 2.46. The fraction of sp³-hybridized carbons (Fsp3) is 1.00. The average molecular weight is 210 g/mol. The van der Waals surface area contributed by atoms with Crippen LogP contribution in [0.1, 0.15) is 0 Å². The molecule has 1 aliphatic rings. The Morgan fingerprint density at radius 2 is 2.10 bits per heavy atom. The molecule has 0 N–H and O–H groups in total. The van der Waals surface area contributed by atoms with Crippen molar-refractivity contribution in [2.24, 2.45) is 0 Å². The van der Waals surface area contributed by atoms with Gasteiger partial charge in [-0.25, -0.2) is 0 Å². The van der Waals surface area contributed by atoms with Crippen molar-refractivity contribution >= 4 is 39.5 Å². The summed E-state index contributed by atoms with van der Waals surface area (Å²) in [5, 5.41) is 0.960. The molecule has 1 atom stereocenters. The third-order valence-corrected chi connectivity index (χ3v) is 8.18. The molecule has 1 saturated heterocycles. The van der Waals surface area contributed by atoms with Gasteiger partial charge in [-0.2, -0.15) is 0 Å². The van der Waals surface area contributed by atoms with Gasteiger partial charge in [0.15, 0.2) is 0 Å². The molecule has 0 radical (unpaired) electrons. The monoisotopic (exact) mass is 210 g/mol. The van der Waals surface area contributed by atoms with Crippen LogP contribution in [0.5, 0.6) is 0 Å². The van der Waals surface area contributed by atoms with Crippen LogP contribution in [0.25, 0.3) is 0 Å². The van der Waals surface area contributed by atoms with Gasteiger partial charge in [0.1, 0.15) is 0 Å². The first-order valence-electron chi connectivity index (χ1n) is 3.53. The summed E-state index contributed by atoms with van der Waals surface area (Å²) in [5.74, 6) is 1.37. The summed E-state index contributed by atoms with van der Waals surface area (Å²) in [6.45, 7) is 7.38. The van der Waals surface area contributed by atoms with E-state index in [2.05, 4.69) is 30.4 Å². The Balaban J connectivity index is 2.24. The van der Waals surface area contributed by atoms with Crippen LogP contribution in [0.3, 0.4) is 0 Å². The van der Waals surface area contributed by atoms with Gasteiger partial charge in [-0.1, -0.05) is 41.2 Å². The van der Waals surface area contributed by atoms with Crippen molar-refractivity contribution in [2.45, 2.75) is 30.9 Å². The highest BCUT2D eigenvalue weighted by molar-refractivity contribution is 9.10. The van der Waals surface area contributed by atoms with Crippen molar-refractivity contribution in [2.75, 3.05) is 5.75 Å². The van der Waals surface area contributed by atoms with Crippen molar-refractivity contribution in [3.05, 3.63) is 0 Å². The molecule has 1 aliphatic heterocycles. The quantitative estimate of drug-likeness (QED) is 0.503. The molecule has 10 heavy (non-hydrogen) atoms. The molecule has 1 heterocycles. The summed E-state index contributed by atoms with van der Waals surface area (Å²) >= 11 is 0. The molecular formula is C6H14S3Si. The van der Waals surface area contributed by atoms with E-state index in [1.54, 1.807) is 0 Å². The summed E-state index contributed by atoms with van der Waals surface area (Å²) in [4.78, 5) is 0. The Morgan fingerprint density at radius 1 is 1.40 bits per heavy atom. The molecule has 1 fully saturated rings. The Labute approximate surface area is 76.1 Å². The molecule has 1 unspecified atom stereocenters. The van der Waals surface area contributed by atoms with Crippen molar-refractivity contribution < 1.29 is 0 Å². The zero-order chi connectivity index (χ0) is 7.61. The molecule has 0 aliphatic carbocycles. The van der Waals surface area contributed by atoms with Crippen LogP contribution < -0.4 is 0 Å². The molecule has 0 aromatic rings. The topological polar surface area (TPSA) is 0 Å². The second-order valence-corrected chi connectivity index (χ2v) is 13.8. The smallest absolute Gasteiger partial charge is 0.0454 e. The van der Waals surface area contributed by atoms with E-state index in [4.69, 9.17) is 0 Å². The number of rotatable bonds is 2. The summed E-state index contributed by atoms with van der Waals surface area (Å²) in [6, 6.07) is 1.50. The highest BCUT2D eigenvalue weighted by atomic mass is 33.5. The van der Waals surface area contributed by atoms with Gasteiger partial charge in [-0.15, -0.1) is 0 Å². The minimum atomic E-state index is -0.770. The van der Waals surface area contributed by atoms with Crippen molar-refractivity contribution in [1.82, 2.24) is 0 Å². The average Bonchev–Trinajstić information content (AvgIpc) is 2.12. The third kappa shape index (κ3) is 3.60. The van der Waals surface area contributed by atoms with Crippen molar-refractivity contribution in [3.63, 3.8) is 0 Å². The van der Waals surface area contributed by atoms with Gasteiger partial charge < -0.3 is 0 Å². The lowest BCUT2D eigenvalue weighted by atomic mass is 10.5. The minimum Gasteiger partial charge on any atom is -0.0814 e. The summed E-state index contributed by atoms with van der Waals surface area (Å²) in [5.41, 5.74) is 0.